The Hall–Kier alpha value is -2.96. The zero-order valence-corrected chi connectivity index (χ0v) is 13.1. The minimum Gasteiger partial charge on any atom is -0.495 e. The molecule has 1 N–H and O–H groups in total. The van der Waals surface area contributed by atoms with Gasteiger partial charge in [0.1, 0.15) is 5.75 Å². The molecule has 0 unspecified atom stereocenters. The quantitative estimate of drug-likeness (QED) is 0.521. The number of rotatable bonds is 5. The molecule has 0 aliphatic rings. The molecule has 1 aromatic heterocycles. The van der Waals surface area contributed by atoms with Crippen LogP contribution in [0.25, 0.3) is 0 Å². The van der Waals surface area contributed by atoms with Gasteiger partial charge in [-0.15, -0.1) is 0 Å². The van der Waals surface area contributed by atoms with Crippen molar-refractivity contribution in [3.63, 3.8) is 0 Å². The van der Waals surface area contributed by atoms with Crippen LogP contribution in [0.5, 0.6) is 5.75 Å². The van der Waals surface area contributed by atoms with E-state index in [1.165, 1.54) is 25.3 Å². The molecule has 2 aromatic rings. The summed E-state index contributed by atoms with van der Waals surface area (Å²) in [4.78, 5) is 22.8. The fourth-order valence-corrected chi connectivity index (χ4v) is 2.25. The van der Waals surface area contributed by atoms with E-state index < -0.39 is 11.0 Å². The van der Waals surface area contributed by atoms with Crippen LogP contribution in [0, 0.1) is 17.0 Å². The van der Waals surface area contributed by atoms with Gasteiger partial charge < -0.3 is 10.1 Å². The predicted molar refractivity (Wildman–Crippen MR) is 84.4 cm³/mol. The van der Waals surface area contributed by atoms with Crippen LogP contribution < -0.4 is 14.6 Å². The van der Waals surface area contributed by atoms with Crippen molar-refractivity contribution in [3.05, 3.63) is 58.4 Å². The van der Waals surface area contributed by atoms with E-state index in [4.69, 9.17) is 4.74 Å². The van der Waals surface area contributed by atoms with E-state index >= 15 is 0 Å². The number of aromatic nitrogens is 1. The topological polar surface area (TPSA) is 85.3 Å². The molecule has 0 radical (unpaired) electrons. The minimum atomic E-state index is -0.519. The largest absolute Gasteiger partial charge is 0.495 e. The molecule has 7 heteroatoms. The molecule has 0 fully saturated rings. The number of nitrogens with one attached hydrogen (secondary N) is 1. The number of non-ortho nitro benzene ring substituents is 1. The second kappa shape index (κ2) is 6.87. The maximum absolute atomic E-state index is 12.5. The number of pyridine rings is 1. The van der Waals surface area contributed by atoms with E-state index in [0.29, 0.717) is 5.75 Å². The van der Waals surface area contributed by atoms with Crippen molar-refractivity contribution in [3.8, 4) is 5.75 Å². The van der Waals surface area contributed by atoms with Crippen LogP contribution in [0.2, 0.25) is 0 Å². The molecule has 2 rings (SSSR count). The maximum atomic E-state index is 12.5. The van der Waals surface area contributed by atoms with Crippen LogP contribution >= 0.6 is 0 Å². The number of carbonyl (C=O) groups excluding carboxylic acids is 1. The van der Waals surface area contributed by atoms with Crippen LogP contribution in [0.1, 0.15) is 18.7 Å². The Balaban J connectivity index is 2.27. The third-order valence-electron chi connectivity index (χ3n) is 3.55. The fraction of sp³-hybridized carbons (Fsp3) is 0.250. The summed E-state index contributed by atoms with van der Waals surface area (Å²) in [6.45, 7) is 3.66. The molecular weight excluding hydrogens is 298 g/mol. The molecule has 0 aliphatic heterocycles. The highest BCUT2D eigenvalue weighted by atomic mass is 16.6. The first kappa shape index (κ1) is 16.4. The summed E-state index contributed by atoms with van der Waals surface area (Å²) in [5.41, 5.74) is 1.09. The average molecular weight is 316 g/mol. The van der Waals surface area contributed by atoms with E-state index in [0.717, 1.165) is 5.69 Å². The summed E-state index contributed by atoms with van der Waals surface area (Å²) >= 11 is 0. The van der Waals surface area contributed by atoms with Gasteiger partial charge in [0.2, 0.25) is 6.04 Å². The summed E-state index contributed by atoms with van der Waals surface area (Å²) in [7, 11) is 1.44. The average Bonchev–Trinajstić information content (AvgIpc) is 2.54. The minimum absolute atomic E-state index is 0.114. The van der Waals surface area contributed by atoms with Crippen molar-refractivity contribution < 1.29 is 19.0 Å². The Kier molecular flexibility index (Phi) is 4.90. The lowest BCUT2D eigenvalue weighted by Crippen LogP contribution is -2.46. The van der Waals surface area contributed by atoms with E-state index in [-0.39, 0.29) is 17.3 Å². The van der Waals surface area contributed by atoms with Crippen LogP contribution in [-0.4, -0.2) is 17.9 Å². The zero-order chi connectivity index (χ0) is 17.0. The van der Waals surface area contributed by atoms with Crippen molar-refractivity contribution >= 4 is 17.3 Å². The molecule has 0 bridgehead atoms. The Morgan fingerprint density at radius 3 is 2.70 bits per heavy atom. The van der Waals surface area contributed by atoms with Crippen LogP contribution in [-0.2, 0) is 4.79 Å². The highest BCUT2D eigenvalue weighted by Crippen LogP contribution is 2.29. The van der Waals surface area contributed by atoms with Gasteiger partial charge in [-0.3, -0.25) is 14.9 Å². The zero-order valence-electron chi connectivity index (χ0n) is 13.1. The molecule has 1 amide bonds. The number of nitrogens with zero attached hydrogens (tertiary/aromatic N) is 2. The lowest BCUT2D eigenvalue weighted by Gasteiger charge is -2.12. The van der Waals surface area contributed by atoms with Crippen molar-refractivity contribution in [2.75, 3.05) is 12.4 Å². The third kappa shape index (κ3) is 3.63. The van der Waals surface area contributed by atoms with Crippen molar-refractivity contribution in [2.24, 2.45) is 0 Å². The Morgan fingerprint density at radius 1 is 1.35 bits per heavy atom. The Labute approximate surface area is 133 Å². The lowest BCUT2D eigenvalue weighted by molar-refractivity contribution is -0.711. The highest BCUT2D eigenvalue weighted by molar-refractivity contribution is 5.94. The number of nitro benzene ring substituents is 1. The number of benzene rings is 1. The summed E-state index contributed by atoms with van der Waals surface area (Å²) in [6, 6.07) is 9.22. The van der Waals surface area contributed by atoms with Crippen LogP contribution in [0.4, 0.5) is 11.4 Å². The fourth-order valence-electron chi connectivity index (χ4n) is 2.25. The van der Waals surface area contributed by atoms with Gasteiger partial charge in [-0.1, -0.05) is 6.07 Å². The smallest absolute Gasteiger partial charge is 0.293 e. The summed E-state index contributed by atoms with van der Waals surface area (Å²) in [5, 5.41) is 13.6. The van der Waals surface area contributed by atoms with E-state index in [9.17, 15) is 14.9 Å². The first-order valence-corrected chi connectivity index (χ1v) is 7.04. The van der Waals surface area contributed by atoms with Crippen LogP contribution in [0.3, 0.4) is 0 Å². The van der Waals surface area contributed by atoms with Crippen LogP contribution in [0.15, 0.2) is 42.6 Å². The first-order valence-electron chi connectivity index (χ1n) is 7.04. The number of hydrogen-bond donors (Lipinski definition) is 1. The second-order valence-corrected chi connectivity index (χ2v) is 5.06. The van der Waals surface area contributed by atoms with Crippen molar-refractivity contribution in [1.82, 2.24) is 0 Å². The second-order valence-electron chi connectivity index (χ2n) is 5.06. The van der Waals surface area contributed by atoms with Crippen molar-refractivity contribution in [1.29, 1.82) is 0 Å². The van der Waals surface area contributed by atoms with Gasteiger partial charge >= 0.3 is 0 Å². The molecule has 120 valence electrons. The SMILES string of the molecule is COc1ccc([N+](=O)[O-])cc1NC(=O)[C@H](C)[n+]1ccccc1C. The summed E-state index contributed by atoms with van der Waals surface area (Å²) < 4.78 is 6.96. The molecule has 1 atom stereocenters. The van der Waals surface area contributed by atoms with Gasteiger partial charge in [-0.2, -0.15) is 4.57 Å². The summed E-state index contributed by atoms with van der Waals surface area (Å²) in [6.07, 6.45) is 1.81. The van der Waals surface area contributed by atoms with E-state index in [1.54, 1.807) is 6.92 Å². The molecule has 0 spiro atoms. The number of carbonyl (C=O) groups is 1. The Bertz CT molecular complexity index is 746. The normalized spacial score (nSPS) is 11.6. The van der Waals surface area contributed by atoms with Gasteiger partial charge in [-0.25, -0.2) is 0 Å². The molecule has 0 saturated heterocycles. The number of ether oxygens (including phenoxy) is 1. The molecule has 0 saturated carbocycles. The van der Waals surface area contributed by atoms with Gasteiger partial charge in [0.15, 0.2) is 11.9 Å². The third-order valence-corrected chi connectivity index (χ3v) is 3.55. The van der Waals surface area contributed by atoms with Crippen molar-refractivity contribution in [2.45, 2.75) is 19.9 Å². The number of methoxy groups -OCH3 is 1. The lowest BCUT2D eigenvalue weighted by atomic mass is 10.2. The number of amides is 1. The highest BCUT2D eigenvalue weighted by Gasteiger charge is 2.25. The van der Waals surface area contributed by atoms with E-state index in [2.05, 4.69) is 5.32 Å². The molecule has 1 heterocycles. The number of nitro groups is 1. The molecule has 0 aliphatic carbocycles. The van der Waals surface area contributed by atoms with Gasteiger partial charge in [0, 0.05) is 38.1 Å². The molecule has 1 aromatic carbocycles. The van der Waals surface area contributed by atoms with E-state index in [1.807, 2.05) is 35.9 Å². The first-order chi connectivity index (χ1) is 10.9. The van der Waals surface area contributed by atoms with Gasteiger partial charge in [-0.05, 0) is 6.07 Å². The molecule has 23 heavy (non-hydrogen) atoms. The molecule has 7 nitrogen and oxygen atoms in total. The number of aryl methyl sites for hydroxylation is 1. The number of hydrogen-bond acceptors (Lipinski definition) is 4. The predicted octanol–water partition coefficient (Wildman–Crippen LogP) is 2.40. The number of anilines is 1. The molecular formula is C16H18N3O4+. The monoisotopic (exact) mass is 316 g/mol. The summed E-state index contributed by atoms with van der Waals surface area (Å²) in [5.74, 6) is 0.0778. The van der Waals surface area contributed by atoms with Gasteiger partial charge in [0.05, 0.1) is 17.7 Å². The standard InChI is InChI=1S/C16H17N3O4/c1-11-6-4-5-9-18(11)12(2)16(20)17-14-10-13(19(21)22)7-8-15(14)23-3/h4-10,12H,1-3H3/p+1/t12-/m0/s1. The Morgan fingerprint density at radius 2 is 2.09 bits per heavy atom. The maximum Gasteiger partial charge on any atom is 0.293 e. The van der Waals surface area contributed by atoms with Gasteiger partial charge in [0.25, 0.3) is 11.6 Å².